The number of rotatable bonds is 0. The highest BCUT2D eigenvalue weighted by atomic mass is 32.2. The van der Waals surface area contributed by atoms with E-state index >= 15 is 0 Å². The van der Waals surface area contributed by atoms with Crippen LogP contribution < -0.4 is 5.32 Å². The lowest BCUT2D eigenvalue weighted by atomic mass is 9.88. The van der Waals surface area contributed by atoms with Crippen LogP contribution in [-0.2, 0) is 0 Å². The first-order chi connectivity index (χ1) is 4.97. The average Bonchev–Trinajstić information content (AvgIpc) is 2.05. The van der Waals surface area contributed by atoms with Gasteiger partial charge >= 0.3 is 0 Å². The molecule has 1 saturated heterocycles. The minimum absolute atomic E-state index is 1.01. The maximum absolute atomic E-state index is 3.45. The molecule has 1 aliphatic heterocycles. The van der Waals surface area contributed by atoms with Crippen molar-refractivity contribution in [3.63, 3.8) is 0 Å². The molecule has 1 heterocycles. The van der Waals surface area contributed by atoms with E-state index in [2.05, 4.69) is 17.1 Å². The average molecular weight is 157 g/mol. The zero-order valence-electron chi connectivity index (χ0n) is 6.31. The van der Waals surface area contributed by atoms with E-state index in [0.29, 0.717) is 0 Å². The highest BCUT2D eigenvalue weighted by Crippen LogP contribution is 2.34. The molecule has 2 heteroatoms. The fourth-order valence-electron chi connectivity index (χ4n) is 2.04. The molecule has 2 fully saturated rings. The largest absolute Gasteiger partial charge is 0.308 e. The van der Waals surface area contributed by atoms with Crippen LogP contribution in [0.3, 0.4) is 0 Å². The lowest BCUT2D eigenvalue weighted by Gasteiger charge is -2.35. The van der Waals surface area contributed by atoms with E-state index in [0.717, 1.165) is 11.2 Å². The van der Waals surface area contributed by atoms with Gasteiger partial charge in [0.05, 0.1) is 0 Å². The molecule has 0 aromatic carbocycles. The first-order valence-corrected chi connectivity index (χ1v) is 5.34. The zero-order chi connectivity index (χ0) is 6.81. The van der Waals surface area contributed by atoms with Crippen molar-refractivity contribution < 1.29 is 0 Å². The molecule has 1 aliphatic carbocycles. The van der Waals surface area contributed by atoms with Crippen LogP contribution in [-0.4, -0.2) is 17.7 Å². The second-order valence-corrected chi connectivity index (χ2v) is 4.58. The Kier molecular flexibility index (Phi) is 2.19. The van der Waals surface area contributed by atoms with Crippen LogP contribution in [0.5, 0.6) is 0 Å². The molecule has 58 valence electrons. The van der Waals surface area contributed by atoms with Gasteiger partial charge in [0.15, 0.2) is 0 Å². The summed E-state index contributed by atoms with van der Waals surface area (Å²) in [6.07, 6.45) is 5.92. The molecule has 1 N–H and O–H groups in total. The second-order valence-electron chi connectivity index (χ2n) is 3.35. The third kappa shape index (κ3) is 1.32. The second kappa shape index (κ2) is 3.14. The summed E-state index contributed by atoms with van der Waals surface area (Å²) in [4.78, 5) is 0. The van der Waals surface area contributed by atoms with Crippen molar-refractivity contribution >= 4 is 11.8 Å². The molecule has 2 aliphatic rings. The number of hydrogen-bond donors (Lipinski definition) is 1. The van der Waals surface area contributed by atoms with E-state index in [1.165, 1.54) is 38.1 Å². The van der Waals surface area contributed by atoms with Gasteiger partial charge < -0.3 is 5.32 Å². The van der Waals surface area contributed by atoms with Crippen molar-refractivity contribution in [1.82, 2.24) is 5.32 Å². The van der Waals surface area contributed by atoms with Crippen molar-refractivity contribution in [2.75, 3.05) is 12.4 Å². The van der Waals surface area contributed by atoms with Crippen molar-refractivity contribution in [2.45, 2.75) is 30.9 Å². The Hall–Kier alpha value is 0.310. The summed E-state index contributed by atoms with van der Waals surface area (Å²) in [5.74, 6) is 2.20. The first kappa shape index (κ1) is 6.99. The lowest BCUT2D eigenvalue weighted by Crippen LogP contribution is -2.37. The molecule has 0 spiro atoms. The Morgan fingerprint density at radius 3 is 3.00 bits per heavy atom. The van der Waals surface area contributed by atoms with Gasteiger partial charge in [0.1, 0.15) is 0 Å². The van der Waals surface area contributed by atoms with Crippen molar-refractivity contribution in [2.24, 2.45) is 5.92 Å². The van der Waals surface area contributed by atoms with Crippen LogP contribution in [0.2, 0.25) is 0 Å². The molecular formula is C8H15NS. The molecule has 0 aromatic heterocycles. The number of thioether (sulfide) groups is 1. The summed E-state index contributed by atoms with van der Waals surface area (Å²) < 4.78 is 0. The molecule has 0 bridgehead atoms. The van der Waals surface area contributed by atoms with Crippen LogP contribution in [0.1, 0.15) is 25.7 Å². The summed E-state index contributed by atoms with van der Waals surface area (Å²) in [6, 6.07) is 0. The number of nitrogens with one attached hydrogen (secondary N) is 1. The van der Waals surface area contributed by atoms with Crippen molar-refractivity contribution in [3.05, 3.63) is 0 Å². The SMILES string of the molecule is C1CCC2SCNCC2C1. The van der Waals surface area contributed by atoms with Crippen LogP contribution in [0.4, 0.5) is 0 Å². The highest BCUT2D eigenvalue weighted by Gasteiger charge is 2.27. The van der Waals surface area contributed by atoms with E-state index in [1.54, 1.807) is 0 Å². The molecule has 0 radical (unpaired) electrons. The normalized spacial score (nSPS) is 40.8. The maximum Gasteiger partial charge on any atom is 0.0420 e. The highest BCUT2D eigenvalue weighted by molar-refractivity contribution is 7.99. The Morgan fingerprint density at radius 1 is 1.20 bits per heavy atom. The van der Waals surface area contributed by atoms with Crippen LogP contribution in [0.25, 0.3) is 0 Å². The molecule has 2 rings (SSSR count). The third-order valence-electron chi connectivity index (χ3n) is 2.65. The van der Waals surface area contributed by atoms with Crippen molar-refractivity contribution in [3.8, 4) is 0 Å². The van der Waals surface area contributed by atoms with E-state index in [-0.39, 0.29) is 0 Å². The Bertz CT molecular complexity index is 89.8. The van der Waals surface area contributed by atoms with Crippen molar-refractivity contribution in [1.29, 1.82) is 0 Å². The Labute approximate surface area is 67.0 Å². The smallest absolute Gasteiger partial charge is 0.0420 e. The molecule has 0 amide bonds. The quantitative estimate of drug-likeness (QED) is 0.576. The fraction of sp³-hybridized carbons (Fsp3) is 1.00. The van der Waals surface area contributed by atoms with Gasteiger partial charge in [0.2, 0.25) is 0 Å². The van der Waals surface area contributed by atoms with Gasteiger partial charge in [0.25, 0.3) is 0 Å². The molecule has 1 nitrogen and oxygen atoms in total. The van der Waals surface area contributed by atoms with Gasteiger partial charge in [-0.1, -0.05) is 12.8 Å². The monoisotopic (exact) mass is 157 g/mol. The summed E-state index contributed by atoms with van der Waals surface area (Å²) >= 11 is 2.14. The third-order valence-corrected chi connectivity index (χ3v) is 4.06. The van der Waals surface area contributed by atoms with Gasteiger partial charge in [-0.3, -0.25) is 0 Å². The minimum Gasteiger partial charge on any atom is -0.308 e. The Morgan fingerprint density at radius 2 is 2.10 bits per heavy atom. The number of hydrogen-bond acceptors (Lipinski definition) is 2. The van der Waals surface area contributed by atoms with Gasteiger partial charge in [-0.15, -0.1) is 11.8 Å². The van der Waals surface area contributed by atoms with Gasteiger partial charge in [-0.05, 0) is 25.3 Å². The fourth-order valence-corrected chi connectivity index (χ4v) is 3.32. The minimum atomic E-state index is 1.01. The predicted octanol–water partition coefficient (Wildman–Crippen LogP) is 1.84. The van der Waals surface area contributed by atoms with E-state index in [9.17, 15) is 0 Å². The summed E-state index contributed by atoms with van der Waals surface area (Å²) in [5, 5.41) is 4.46. The van der Waals surface area contributed by atoms with Gasteiger partial charge in [0, 0.05) is 11.1 Å². The van der Waals surface area contributed by atoms with Crippen LogP contribution >= 0.6 is 11.8 Å². The maximum atomic E-state index is 3.45. The Balaban J connectivity index is 1.93. The first-order valence-electron chi connectivity index (χ1n) is 4.29. The molecule has 10 heavy (non-hydrogen) atoms. The summed E-state index contributed by atoms with van der Waals surface area (Å²) in [7, 11) is 0. The molecule has 0 aromatic rings. The summed E-state index contributed by atoms with van der Waals surface area (Å²) in [5.41, 5.74) is 0. The molecular weight excluding hydrogens is 142 g/mol. The lowest BCUT2D eigenvalue weighted by molar-refractivity contribution is 0.350. The zero-order valence-corrected chi connectivity index (χ0v) is 7.12. The predicted molar refractivity (Wildman–Crippen MR) is 46.2 cm³/mol. The molecule has 2 atom stereocenters. The van der Waals surface area contributed by atoms with Gasteiger partial charge in [-0.2, -0.15) is 0 Å². The van der Waals surface area contributed by atoms with E-state index in [1.807, 2.05) is 0 Å². The standard InChI is InChI=1S/C8H15NS/c1-2-4-8-7(3-1)5-9-6-10-8/h7-9H,1-6H2. The van der Waals surface area contributed by atoms with E-state index in [4.69, 9.17) is 0 Å². The molecule has 2 unspecified atom stereocenters. The topological polar surface area (TPSA) is 12.0 Å². The van der Waals surface area contributed by atoms with Crippen LogP contribution in [0.15, 0.2) is 0 Å². The summed E-state index contributed by atoms with van der Waals surface area (Å²) in [6.45, 7) is 1.29. The molecule has 1 saturated carbocycles. The van der Waals surface area contributed by atoms with Gasteiger partial charge in [-0.25, -0.2) is 0 Å². The number of fused-ring (bicyclic) bond motifs is 1. The van der Waals surface area contributed by atoms with Crippen LogP contribution in [0, 0.1) is 5.92 Å². The van der Waals surface area contributed by atoms with E-state index < -0.39 is 0 Å².